The van der Waals surface area contributed by atoms with Crippen molar-refractivity contribution in [2.24, 2.45) is 7.05 Å². The average molecular weight is 386 g/mol. The fourth-order valence-corrected chi connectivity index (χ4v) is 4.51. The first-order chi connectivity index (χ1) is 14.0. The van der Waals surface area contributed by atoms with Gasteiger partial charge in [0.2, 0.25) is 0 Å². The van der Waals surface area contributed by atoms with Gasteiger partial charge in [0, 0.05) is 34.1 Å². The Balaban J connectivity index is 1.99. The molecular weight excluding hydrogens is 372 g/mol. The number of fused-ring (bicyclic) bond motifs is 10. The molecular formula is C22H14N2O5. The number of furan rings is 1. The molecule has 0 unspecified atom stereocenters. The lowest BCUT2D eigenvalue weighted by Crippen LogP contribution is -2.25. The number of aromatic nitrogens is 1. The summed E-state index contributed by atoms with van der Waals surface area (Å²) in [5.74, 6) is -0.885. The third kappa shape index (κ3) is 1.76. The van der Waals surface area contributed by atoms with Crippen LogP contribution in [0.1, 0.15) is 20.7 Å². The minimum atomic E-state index is -0.754. The number of carbonyl (C=O) groups excluding carboxylic acids is 2. The Morgan fingerprint density at radius 2 is 1.69 bits per heavy atom. The van der Waals surface area contributed by atoms with Gasteiger partial charge in [0.25, 0.3) is 11.8 Å². The SMILES string of the molecule is COc1ccc2oc3c(c4c(c5c6ccccc6n(C)c35)C(=O)N(O)C4=O)c2c1. The standard InChI is InChI=1S/C22H14N2O5/c1-23-13-6-4-3-5-11(13)15-17-18(22(26)24(27)21(17)25)16-12-9-10(28-2)7-8-14(12)29-20(16)19(15)23/h3-9,27H,1-2H3. The first-order valence-electron chi connectivity index (χ1n) is 9.04. The van der Waals surface area contributed by atoms with Gasteiger partial charge in [-0.3, -0.25) is 14.8 Å². The van der Waals surface area contributed by atoms with Crippen molar-refractivity contribution in [3.05, 3.63) is 53.6 Å². The van der Waals surface area contributed by atoms with Crippen molar-refractivity contribution in [3.63, 3.8) is 0 Å². The number of aryl methyl sites for hydroxylation is 1. The number of nitrogens with zero attached hydrogens (tertiary/aromatic N) is 2. The predicted molar refractivity (Wildman–Crippen MR) is 107 cm³/mol. The molecule has 0 saturated heterocycles. The van der Waals surface area contributed by atoms with Crippen LogP contribution in [0.3, 0.4) is 0 Å². The minimum absolute atomic E-state index is 0.156. The smallest absolute Gasteiger partial charge is 0.286 e. The maximum atomic E-state index is 12.9. The van der Waals surface area contributed by atoms with Crippen LogP contribution in [0.25, 0.3) is 43.7 Å². The molecule has 3 aromatic carbocycles. The molecule has 0 atom stereocenters. The first kappa shape index (κ1) is 16.1. The molecule has 6 rings (SSSR count). The average Bonchev–Trinajstić information content (AvgIpc) is 3.33. The number of methoxy groups -OCH3 is 1. The number of imide groups is 1. The van der Waals surface area contributed by atoms with Crippen molar-refractivity contribution >= 4 is 55.6 Å². The molecule has 3 heterocycles. The first-order valence-corrected chi connectivity index (χ1v) is 9.04. The molecule has 2 aromatic heterocycles. The zero-order valence-corrected chi connectivity index (χ0v) is 15.5. The number of carbonyl (C=O) groups is 2. The van der Waals surface area contributed by atoms with Crippen molar-refractivity contribution < 1.29 is 24.0 Å². The van der Waals surface area contributed by atoms with E-state index in [9.17, 15) is 14.8 Å². The van der Waals surface area contributed by atoms with E-state index >= 15 is 0 Å². The van der Waals surface area contributed by atoms with E-state index in [0.29, 0.717) is 38.6 Å². The Bertz CT molecular complexity index is 1560. The van der Waals surface area contributed by atoms with E-state index in [1.54, 1.807) is 25.3 Å². The number of hydroxylamine groups is 2. The second-order valence-corrected chi connectivity index (χ2v) is 7.14. The summed E-state index contributed by atoms with van der Waals surface area (Å²) in [5.41, 5.74) is 3.01. The Hall–Kier alpha value is -3.84. The topological polar surface area (TPSA) is 84.9 Å². The third-order valence-corrected chi connectivity index (χ3v) is 5.78. The van der Waals surface area contributed by atoms with Crippen LogP contribution in [0.2, 0.25) is 0 Å². The Morgan fingerprint density at radius 3 is 2.45 bits per heavy atom. The van der Waals surface area contributed by atoms with Crippen LogP contribution >= 0.6 is 0 Å². The van der Waals surface area contributed by atoms with Crippen molar-refractivity contribution in [1.82, 2.24) is 9.63 Å². The van der Waals surface area contributed by atoms with E-state index in [4.69, 9.17) is 9.15 Å². The van der Waals surface area contributed by atoms with E-state index < -0.39 is 11.8 Å². The molecule has 1 aliphatic heterocycles. The molecule has 2 amide bonds. The fraction of sp³-hybridized carbons (Fsp3) is 0.0909. The molecule has 0 bridgehead atoms. The van der Waals surface area contributed by atoms with Crippen LogP contribution in [-0.4, -0.2) is 33.8 Å². The van der Waals surface area contributed by atoms with E-state index in [0.717, 1.165) is 10.9 Å². The maximum absolute atomic E-state index is 12.9. The summed E-state index contributed by atoms with van der Waals surface area (Å²) < 4.78 is 13.5. The minimum Gasteiger partial charge on any atom is -0.497 e. The summed E-state index contributed by atoms with van der Waals surface area (Å²) in [6.45, 7) is 0. The molecule has 7 nitrogen and oxygen atoms in total. The second kappa shape index (κ2) is 5.15. The van der Waals surface area contributed by atoms with Crippen molar-refractivity contribution in [1.29, 1.82) is 0 Å². The largest absolute Gasteiger partial charge is 0.497 e. The van der Waals surface area contributed by atoms with Crippen molar-refractivity contribution in [2.75, 3.05) is 7.11 Å². The molecule has 0 radical (unpaired) electrons. The van der Waals surface area contributed by atoms with Crippen LogP contribution < -0.4 is 4.74 Å². The van der Waals surface area contributed by atoms with Crippen LogP contribution in [-0.2, 0) is 7.05 Å². The normalized spacial score (nSPS) is 14.1. The molecule has 7 heteroatoms. The van der Waals surface area contributed by atoms with Crippen LogP contribution in [0.15, 0.2) is 46.9 Å². The van der Waals surface area contributed by atoms with Crippen LogP contribution in [0.5, 0.6) is 5.75 Å². The Kier molecular flexibility index (Phi) is 2.87. The molecule has 0 saturated carbocycles. The summed E-state index contributed by atoms with van der Waals surface area (Å²) in [6, 6.07) is 12.9. The molecule has 142 valence electrons. The molecule has 0 fully saturated rings. The number of hydrogen-bond donors (Lipinski definition) is 1. The van der Waals surface area contributed by atoms with E-state index in [1.807, 2.05) is 35.9 Å². The zero-order chi connectivity index (χ0) is 20.0. The number of para-hydroxylation sites is 1. The number of benzene rings is 3. The van der Waals surface area contributed by atoms with Gasteiger partial charge in [0.15, 0.2) is 5.58 Å². The fourth-order valence-electron chi connectivity index (χ4n) is 4.51. The van der Waals surface area contributed by atoms with E-state index in [1.165, 1.54) is 0 Å². The molecule has 5 aromatic rings. The summed E-state index contributed by atoms with van der Waals surface area (Å²) in [7, 11) is 3.45. The van der Waals surface area contributed by atoms with Gasteiger partial charge in [-0.2, -0.15) is 0 Å². The molecule has 29 heavy (non-hydrogen) atoms. The van der Waals surface area contributed by atoms with Gasteiger partial charge >= 0.3 is 0 Å². The quantitative estimate of drug-likeness (QED) is 0.344. The summed E-state index contributed by atoms with van der Waals surface area (Å²) in [5, 5.41) is 12.9. The van der Waals surface area contributed by atoms with Gasteiger partial charge in [0.1, 0.15) is 11.3 Å². The van der Waals surface area contributed by atoms with Crippen molar-refractivity contribution in [3.8, 4) is 5.75 Å². The highest BCUT2D eigenvalue weighted by atomic mass is 16.5. The highest BCUT2D eigenvalue weighted by Gasteiger charge is 2.41. The summed E-state index contributed by atoms with van der Waals surface area (Å²) in [4.78, 5) is 25.8. The van der Waals surface area contributed by atoms with E-state index in [-0.39, 0.29) is 16.2 Å². The molecule has 1 aliphatic rings. The highest BCUT2D eigenvalue weighted by molar-refractivity contribution is 6.38. The van der Waals surface area contributed by atoms with Crippen LogP contribution in [0, 0.1) is 0 Å². The number of ether oxygens (including phenoxy) is 1. The van der Waals surface area contributed by atoms with Gasteiger partial charge in [0.05, 0.1) is 23.8 Å². The predicted octanol–water partition coefficient (Wildman–Crippen LogP) is 4.22. The third-order valence-electron chi connectivity index (χ3n) is 5.78. The van der Waals surface area contributed by atoms with Gasteiger partial charge in [-0.05, 0) is 24.3 Å². The highest BCUT2D eigenvalue weighted by Crippen LogP contribution is 2.46. The van der Waals surface area contributed by atoms with Crippen LogP contribution in [0.4, 0.5) is 0 Å². The number of hydrogen-bond acceptors (Lipinski definition) is 5. The summed E-state index contributed by atoms with van der Waals surface area (Å²) in [6.07, 6.45) is 0. The lowest BCUT2D eigenvalue weighted by Gasteiger charge is -2.03. The zero-order valence-electron chi connectivity index (χ0n) is 15.5. The van der Waals surface area contributed by atoms with Gasteiger partial charge in [-0.1, -0.05) is 18.2 Å². The summed E-state index contributed by atoms with van der Waals surface area (Å²) >= 11 is 0. The second-order valence-electron chi connectivity index (χ2n) is 7.14. The number of rotatable bonds is 1. The molecule has 1 N–H and O–H groups in total. The van der Waals surface area contributed by atoms with Gasteiger partial charge in [-0.25, -0.2) is 0 Å². The number of amides is 2. The van der Waals surface area contributed by atoms with Gasteiger partial charge < -0.3 is 13.7 Å². The van der Waals surface area contributed by atoms with E-state index in [2.05, 4.69) is 0 Å². The monoisotopic (exact) mass is 386 g/mol. The lowest BCUT2D eigenvalue weighted by molar-refractivity contribution is -0.0325. The maximum Gasteiger partial charge on any atom is 0.286 e. The molecule has 0 aliphatic carbocycles. The molecule has 0 spiro atoms. The van der Waals surface area contributed by atoms with Crippen molar-refractivity contribution in [2.45, 2.75) is 0 Å². The Labute approximate surface area is 163 Å². The van der Waals surface area contributed by atoms with Gasteiger partial charge in [-0.15, -0.1) is 5.06 Å². The lowest BCUT2D eigenvalue weighted by atomic mass is 9.97. The Morgan fingerprint density at radius 1 is 0.966 bits per heavy atom.